The molecule has 1 aliphatic rings. The zero-order valence-electron chi connectivity index (χ0n) is 15.9. The largest absolute Gasteiger partial charge is 0.454 e. The predicted molar refractivity (Wildman–Crippen MR) is 121 cm³/mol. The van der Waals surface area contributed by atoms with Crippen molar-refractivity contribution in [2.45, 2.75) is 5.03 Å². The lowest BCUT2D eigenvalue weighted by atomic mass is 10.2. The number of aromatic nitrogens is 1. The molecule has 0 saturated carbocycles. The average Bonchev–Trinajstić information content (AvgIpc) is 3.23. The summed E-state index contributed by atoms with van der Waals surface area (Å²) >= 11 is 13.3. The Morgan fingerprint density at radius 3 is 2.74 bits per heavy atom. The second kappa shape index (κ2) is 9.47. The Hall–Kier alpha value is -2.94. The van der Waals surface area contributed by atoms with E-state index in [1.54, 1.807) is 54.7 Å². The molecule has 2 heterocycles. The van der Waals surface area contributed by atoms with Crippen molar-refractivity contribution in [3.05, 3.63) is 70.3 Å². The minimum Gasteiger partial charge on any atom is -0.454 e. The van der Waals surface area contributed by atoms with Crippen molar-refractivity contribution in [2.24, 2.45) is 0 Å². The van der Waals surface area contributed by atoms with Gasteiger partial charge in [0.1, 0.15) is 5.03 Å². The van der Waals surface area contributed by atoms with Gasteiger partial charge in [0.05, 0.1) is 27.0 Å². The third kappa shape index (κ3) is 5.04. The number of hydrogen-bond donors (Lipinski definition) is 2. The zero-order chi connectivity index (χ0) is 21.8. The van der Waals surface area contributed by atoms with Crippen LogP contribution in [0.15, 0.2) is 59.8 Å². The van der Waals surface area contributed by atoms with Crippen LogP contribution >= 0.6 is 35.0 Å². The monoisotopic (exact) mass is 475 g/mol. The summed E-state index contributed by atoms with van der Waals surface area (Å²) in [4.78, 5) is 29.4. The van der Waals surface area contributed by atoms with Crippen LogP contribution in [0.4, 0.5) is 11.4 Å². The second-order valence-electron chi connectivity index (χ2n) is 6.32. The van der Waals surface area contributed by atoms with E-state index in [-0.39, 0.29) is 23.5 Å². The number of pyridine rings is 1. The number of nitrogens with one attached hydrogen (secondary N) is 2. The first-order chi connectivity index (χ1) is 15.0. The third-order valence-electron chi connectivity index (χ3n) is 4.21. The van der Waals surface area contributed by atoms with Gasteiger partial charge in [-0.25, -0.2) is 4.98 Å². The molecule has 158 valence electrons. The van der Waals surface area contributed by atoms with Gasteiger partial charge in [-0.1, -0.05) is 41.0 Å². The smallest absolute Gasteiger partial charge is 0.258 e. The number of fused-ring (bicyclic) bond motifs is 1. The van der Waals surface area contributed by atoms with Gasteiger partial charge in [-0.2, -0.15) is 0 Å². The van der Waals surface area contributed by atoms with Crippen molar-refractivity contribution >= 4 is 58.2 Å². The minimum atomic E-state index is -0.407. The molecule has 0 spiro atoms. The van der Waals surface area contributed by atoms with Crippen molar-refractivity contribution in [1.29, 1.82) is 0 Å². The van der Waals surface area contributed by atoms with Gasteiger partial charge in [0.15, 0.2) is 11.5 Å². The Morgan fingerprint density at radius 2 is 1.87 bits per heavy atom. The summed E-state index contributed by atoms with van der Waals surface area (Å²) in [6, 6.07) is 13.4. The van der Waals surface area contributed by atoms with E-state index in [9.17, 15) is 9.59 Å². The SMILES string of the molecule is O=C(CSc1ncccc1C(=O)Nc1cccc(Cl)c1Cl)Nc1ccc2c(c1)OCO2. The molecule has 31 heavy (non-hydrogen) atoms. The molecule has 0 unspecified atom stereocenters. The quantitative estimate of drug-likeness (QED) is 0.482. The van der Waals surface area contributed by atoms with Crippen molar-refractivity contribution in [3.8, 4) is 11.5 Å². The number of rotatable bonds is 6. The van der Waals surface area contributed by atoms with Crippen LogP contribution in [0.3, 0.4) is 0 Å². The van der Waals surface area contributed by atoms with Crippen LogP contribution in [-0.2, 0) is 4.79 Å². The molecule has 10 heteroatoms. The average molecular weight is 476 g/mol. The molecular weight excluding hydrogens is 461 g/mol. The molecule has 0 atom stereocenters. The molecule has 2 aromatic carbocycles. The fourth-order valence-electron chi connectivity index (χ4n) is 2.77. The first-order valence-corrected chi connectivity index (χ1v) is 10.8. The minimum absolute atomic E-state index is 0.0592. The van der Waals surface area contributed by atoms with Crippen molar-refractivity contribution in [1.82, 2.24) is 4.98 Å². The van der Waals surface area contributed by atoms with Crippen molar-refractivity contribution < 1.29 is 19.1 Å². The molecule has 0 saturated heterocycles. The van der Waals surface area contributed by atoms with Gasteiger partial charge in [0.25, 0.3) is 5.91 Å². The summed E-state index contributed by atoms with van der Waals surface area (Å²) in [6.45, 7) is 0.160. The van der Waals surface area contributed by atoms with E-state index in [0.29, 0.717) is 38.5 Å². The fraction of sp³-hybridized carbons (Fsp3) is 0.0952. The molecular formula is C21H15Cl2N3O4S. The summed E-state index contributed by atoms with van der Waals surface area (Å²) in [5.41, 5.74) is 1.29. The van der Waals surface area contributed by atoms with Crippen LogP contribution in [0.2, 0.25) is 10.0 Å². The maximum atomic E-state index is 12.8. The standard InChI is InChI=1S/C21H15Cl2N3O4S/c22-14-4-1-5-15(19(14)23)26-20(28)13-3-2-8-24-21(13)31-10-18(27)25-12-6-7-16-17(9-12)30-11-29-16/h1-9H,10-11H2,(H,25,27)(H,26,28). The Balaban J connectivity index is 1.40. The van der Waals surface area contributed by atoms with Crippen LogP contribution in [0.25, 0.3) is 0 Å². The van der Waals surface area contributed by atoms with E-state index >= 15 is 0 Å². The highest BCUT2D eigenvalue weighted by atomic mass is 35.5. The van der Waals surface area contributed by atoms with Gasteiger partial charge in [-0.05, 0) is 36.4 Å². The Kier molecular flexibility index (Phi) is 6.50. The Morgan fingerprint density at radius 1 is 1.03 bits per heavy atom. The fourth-order valence-corrected chi connectivity index (χ4v) is 3.91. The van der Waals surface area contributed by atoms with Crippen LogP contribution in [-0.4, -0.2) is 29.3 Å². The van der Waals surface area contributed by atoms with E-state index < -0.39 is 5.91 Å². The van der Waals surface area contributed by atoms with Crippen LogP contribution in [0, 0.1) is 0 Å². The lowest BCUT2D eigenvalue weighted by Crippen LogP contribution is -2.16. The number of thioether (sulfide) groups is 1. The number of benzene rings is 2. The third-order valence-corrected chi connectivity index (χ3v) is 6.04. The number of carbonyl (C=O) groups is 2. The number of carbonyl (C=O) groups excluding carboxylic acids is 2. The van der Waals surface area contributed by atoms with Gasteiger partial charge >= 0.3 is 0 Å². The first-order valence-electron chi connectivity index (χ1n) is 9.04. The molecule has 1 aromatic heterocycles. The van der Waals surface area contributed by atoms with E-state index in [4.69, 9.17) is 32.7 Å². The Bertz CT molecular complexity index is 1160. The maximum Gasteiger partial charge on any atom is 0.258 e. The summed E-state index contributed by atoms with van der Waals surface area (Å²) in [5.74, 6) is 0.615. The molecule has 1 aliphatic heterocycles. The maximum absolute atomic E-state index is 12.8. The highest BCUT2D eigenvalue weighted by Crippen LogP contribution is 2.34. The molecule has 2 amide bonds. The summed E-state index contributed by atoms with van der Waals surface area (Å²) < 4.78 is 10.6. The first kappa shape index (κ1) is 21.3. The Labute approximate surface area is 192 Å². The molecule has 7 nitrogen and oxygen atoms in total. The summed E-state index contributed by atoms with van der Waals surface area (Å²) in [5, 5.41) is 6.51. The van der Waals surface area contributed by atoms with Gasteiger partial charge in [0, 0.05) is 18.0 Å². The highest BCUT2D eigenvalue weighted by Gasteiger charge is 2.17. The number of halogens is 2. The molecule has 0 fully saturated rings. The summed E-state index contributed by atoms with van der Waals surface area (Å²) in [7, 11) is 0. The van der Waals surface area contributed by atoms with E-state index in [1.165, 1.54) is 0 Å². The number of ether oxygens (including phenoxy) is 2. The van der Waals surface area contributed by atoms with E-state index in [2.05, 4.69) is 15.6 Å². The van der Waals surface area contributed by atoms with Crippen molar-refractivity contribution in [2.75, 3.05) is 23.2 Å². The molecule has 2 N–H and O–H groups in total. The molecule has 0 bridgehead atoms. The van der Waals surface area contributed by atoms with Gasteiger partial charge in [0.2, 0.25) is 12.7 Å². The van der Waals surface area contributed by atoms with Gasteiger partial charge in [-0.15, -0.1) is 0 Å². The van der Waals surface area contributed by atoms with Gasteiger partial charge < -0.3 is 20.1 Å². The number of hydrogen-bond acceptors (Lipinski definition) is 6. The normalized spacial score (nSPS) is 11.8. The lowest BCUT2D eigenvalue weighted by molar-refractivity contribution is -0.113. The second-order valence-corrected chi connectivity index (χ2v) is 8.07. The topological polar surface area (TPSA) is 89.6 Å². The van der Waals surface area contributed by atoms with Crippen LogP contribution < -0.4 is 20.1 Å². The van der Waals surface area contributed by atoms with Crippen LogP contribution in [0.1, 0.15) is 10.4 Å². The highest BCUT2D eigenvalue weighted by molar-refractivity contribution is 8.00. The number of nitrogens with zero attached hydrogens (tertiary/aromatic N) is 1. The van der Waals surface area contributed by atoms with Crippen molar-refractivity contribution in [3.63, 3.8) is 0 Å². The van der Waals surface area contributed by atoms with E-state index in [1.807, 2.05) is 0 Å². The zero-order valence-corrected chi connectivity index (χ0v) is 18.2. The van der Waals surface area contributed by atoms with E-state index in [0.717, 1.165) is 11.8 Å². The number of amides is 2. The molecule has 0 radical (unpaired) electrons. The number of anilines is 2. The lowest BCUT2D eigenvalue weighted by Gasteiger charge is -2.11. The van der Waals surface area contributed by atoms with Crippen LogP contribution in [0.5, 0.6) is 11.5 Å². The predicted octanol–water partition coefficient (Wildman–Crippen LogP) is 5.10. The van der Waals surface area contributed by atoms with Gasteiger partial charge in [-0.3, -0.25) is 9.59 Å². The summed E-state index contributed by atoms with van der Waals surface area (Å²) in [6.07, 6.45) is 1.56. The molecule has 4 rings (SSSR count). The molecule has 3 aromatic rings. The molecule has 0 aliphatic carbocycles.